The van der Waals surface area contributed by atoms with Crippen LogP contribution in [-0.4, -0.2) is 48.5 Å². The molecule has 0 bridgehead atoms. The van der Waals surface area contributed by atoms with E-state index in [4.69, 9.17) is 14.2 Å². The Balaban J connectivity index is 2.26. The zero-order chi connectivity index (χ0) is 19.3. The van der Waals surface area contributed by atoms with Crippen molar-refractivity contribution in [2.45, 2.75) is 58.4 Å². The molecule has 1 fully saturated rings. The third-order valence-corrected chi connectivity index (χ3v) is 4.28. The lowest BCUT2D eigenvalue weighted by atomic mass is 9.95. The number of ether oxygens (including phenoxy) is 3. The number of benzene rings is 1. The molecule has 1 saturated heterocycles. The Bertz CT molecular complexity index is 610. The fourth-order valence-electron chi connectivity index (χ4n) is 3.32. The molecule has 0 aromatic heterocycles. The van der Waals surface area contributed by atoms with Gasteiger partial charge in [-0.3, -0.25) is 4.90 Å². The van der Waals surface area contributed by atoms with E-state index in [9.17, 15) is 9.59 Å². The predicted octanol–water partition coefficient (Wildman–Crippen LogP) is 3.39. The van der Waals surface area contributed by atoms with E-state index in [1.165, 1.54) is 4.90 Å². The predicted molar refractivity (Wildman–Crippen MR) is 97.5 cm³/mol. The van der Waals surface area contributed by atoms with Crippen LogP contribution in [0.15, 0.2) is 30.3 Å². The molecule has 1 amide bonds. The standard InChI is InChI=1S/C20H29NO5/c1-6-25-18(22)16-13-15(12-14-10-8-7-9-11-14)17(24-5)21(16)19(23)26-20(2,3)4/h7-11,15-17H,6,12-13H2,1-5H3/t15-,16+,17?/m1/s1. The van der Waals surface area contributed by atoms with Crippen LogP contribution < -0.4 is 0 Å². The first kappa shape index (κ1) is 20.2. The molecule has 1 aliphatic heterocycles. The van der Waals surface area contributed by atoms with Gasteiger partial charge in [0.1, 0.15) is 17.9 Å². The highest BCUT2D eigenvalue weighted by atomic mass is 16.6. The molecule has 0 N–H and O–H groups in total. The number of hydrogen-bond acceptors (Lipinski definition) is 5. The molecule has 1 aromatic carbocycles. The van der Waals surface area contributed by atoms with E-state index in [0.29, 0.717) is 12.8 Å². The van der Waals surface area contributed by atoms with Gasteiger partial charge in [0.05, 0.1) is 6.61 Å². The molecule has 0 spiro atoms. The van der Waals surface area contributed by atoms with E-state index in [2.05, 4.69) is 0 Å². The van der Waals surface area contributed by atoms with Crippen molar-refractivity contribution in [3.8, 4) is 0 Å². The van der Waals surface area contributed by atoms with Gasteiger partial charge in [-0.05, 0) is 46.1 Å². The van der Waals surface area contributed by atoms with E-state index in [0.717, 1.165) is 5.56 Å². The van der Waals surface area contributed by atoms with Crippen molar-refractivity contribution in [1.29, 1.82) is 0 Å². The lowest BCUT2D eigenvalue weighted by molar-refractivity contribution is -0.151. The van der Waals surface area contributed by atoms with E-state index in [1.54, 1.807) is 34.8 Å². The molecule has 26 heavy (non-hydrogen) atoms. The van der Waals surface area contributed by atoms with E-state index in [-0.39, 0.29) is 12.5 Å². The molecule has 2 rings (SSSR count). The van der Waals surface area contributed by atoms with Crippen LogP contribution in [-0.2, 0) is 25.4 Å². The fourth-order valence-corrected chi connectivity index (χ4v) is 3.32. The number of rotatable bonds is 5. The topological polar surface area (TPSA) is 65.1 Å². The third-order valence-electron chi connectivity index (χ3n) is 4.28. The van der Waals surface area contributed by atoms with Crippen molar-refractivity contribution in [2.75, 3.05) is 13.7 Å². The number of esters is 1. The molecule has 1 aliphatic rings. The molecule has 1 heterocycles. The van der Waals surface area contributed by atoms with Gasteiger partial charge in [-0.2, -0.15) is 0 Å². The van der Waals surface area contributed by atoms with Crippen LogP contribution in [0.4, 0.5) is 4.79 Å². The second kappa shape index (κ2) is 8.54. The van der Waals surface area contributed by atoms with E-state index < -0.39 is 29.9 Å². The summed E-state index contributed by atoms with van der Waals surface area (Å²) in [6, 6.07) is 9.26. The van der Waals surface area contributed by atoms with Crippen molar-refractivity contribution in [3.05, 3.63) is 35.9 Å². The van der Waals surface area contributed by atoms with Crippen LogP contribution in [0.2, 0.25) is 0 Å². The van der Waals surface area contributed by atoms with Gasteiger partial charge in [0.2, 0.25) is 0 Å². The Morgan fingerprint density at radius 2 is 1.85 bits per heavy atom. The Morgan fingerprint density at radius 3 is 2.38 bits per heavy atom. The van der Waals surface area contributed by atoms with Crippen molar-refractivity contribution < 1.29 is 23.8 Å². The first-order valence-electron chi connectivity index (χ1n) is 9.01. The Morgan fingerprint density at radius 1 is 1.19 bits per heavy atom. The van der Waals surface area contributed by atoms with Gasteiger partial charge in [0.25, 0.3) is 0 Å². The largest absolute Gasteiger partial charge is 0.464 e. The molecule has 0 aliphatic carbocycles. The molecule has 6 heteroatoms. The average Bonchev–Trinajstić information content (AvgIpc) is 2.93. The second-order valence-electron chi connectivity index (χ2n) is 7.47. The average molecular weight is 363 g/mol. The number of amides is 1. The van der Waals surface area contributed by atoms with Gasteiger partial charge in [-0.1, -0.05) is 30.3 Å². The van der Waals surface area contributed by atoms with Crippen LogP contribution >= 0.6 is 0 Å². The van der Waals surface area contributed by atoms with Gasteiger partial charge in [-0.15, -0.1) is 0 Å². The fraction of sp³-hybridized carbons (Fsp3) is 0.600. The zero-order valence-corrected chi connectivity index (χ0v) is 16.2. The molecular formula is C20H29NO5. The lowest BCUT2D eigenvalue weighted by Gasteiger charge is -2.31. The van der Waals surface area contributed by atoms with Crippen LogP contribution in [0, 0.1) is 5.92 Å². The normalized spacial score (nSPS) is 23.0. The number of hydrogen-bond donors (Lipinski definition) is 0. The summed E-state index contributed by atoms with van der Waals surface area (Å²) in [5.41, 5.74) is 0.472. The van der Waals surface area contributed by atoms with Crippen molar-refractivity contribution in [3.63, 3.8) is 0 Å². The van der Waals surface area contributed by atoms with Gasteiger partial charge < -0.3 is 14.2 Å². The highest BCUT2D eigenvalue weighted by Gasteiger charge is 2.49. The maximum Gasteiger partial charge on any atom is 0.413 e. The van der Waals surface area contributed by atoms with E-state index in [1.807, 2.05) is 30.3 Å². The first-order chi connectivity index (χ1) is 12.3. The first-order valence-corrected chi connectivity index (χ1v) is 9.01. The smallest absolute Gasteiger partial charge is 0.413 e. The number of carbonyl (C=O) groups excluding carboxylic acids is 2. The minimum atomic E-state index is -0.705. The van der Waals surface area contributed by atoms with Gasteiger partial charge >= 0.3 is 12.1 Å². The zero-order valence-electron chi connectivity index (χ0n) is 16.2. The minimum absolute atomic E-state index is 0.0238. The number of carbonyl (C=O) groups is 2. The summed E-state index contributed by atoms with van der Waals surface area (Å²) in [5.74, 6) is -0.444. The lowest BCUT2D eigenvalue weighted by Crippen LogP contribution is -2.49. The molecule has 3 atom stereocenters. The summed E-state index contributed by atoms with van der Waals surface area (Å²) >= 11 is 0. The summed E-state index contributed by atoms with van der Waals surface area (Å²) in [6.07, 6.45) is 0.0810. The van der Waals surface area contributed by atoms with Gasteiger partial charge in [-0.25, -0.2) is 9.59 Å². The Kier molecular flexibility index (Phi) is 6.64. The Labute approximate surface area is 155 Å². The highest BCUT2D eigenvalue weighted by Crippen LogP contribution is 2.35. The monoisotopic (exact) mass is 363 g/mol. The van der Waals surface area contributed by atoms with Crippen LogP contribution in [0.5, 0.6) is 0 Å². The molecule has 0 saturated carbocycles. The molecule has 1 aromatic rings. The summed E-state index contributed by atoms with van der Waals surface area (Å²) in [5, 5.41) is 0. The van der Waals surface area contributed by atoms with Crippen molar-refractivity contribution in [1.82, 2.24) is 4.90 Å². The van der Waals surface area contributed by atoms with Crippen LogP contribution in [0.1, 0.15) is 39.7 Å². The Hall–Kier alpha value is -2.08. The SMILES string of the molecule is CCOC(=O)[C@@H]1C[C@@H](Cc2ccccc2)C(OC)N1C(=O)OC(C)(C)C. The number of methoxy groups -OCH3 is 1. The maximum atomic E-state index is 12.8. The number of likely N-dealkylation sites (tertiary alicyclic amines) is 1. The molecule has 144 valence electrons. The second-order valence-corrected chi connectivity index (χ2v) is 7.47. The van der Waals surface area contributed by atoms with Crippen molar-refractivity contribution >= 4 is 12.1 Å². The summed E-state index contributed by atoms with van der Waals surface area (Å²) in [7, 11) is 1.55. The maximum absolute atomic E-state index is 12.8. The minimum Gasteiger partial charge on any atom is -0.464 e. The molecular weight excluding hydrogens is 334 g/mol. The molecule has 6 nitrogen and oxygen atoms in total. The van der Waals surface area contributed by atoms with Crippen molar-refractivity contribution in [2.24, 2.45) is 5.92 Å². The summed E-state index contributed by atoms with van der Waals surface area (Å²) in [4.78, 5) is 26.6. The number of nitrogens with zero attached hydrogens (tertiary/aromatic N) is 1. The van der Waals surface area contributed by atoms with Gasteiger partial charge in [0, 0.05) is 13.0 Å². The third kappa shape index (κ3) is 4.97. The summed E-state index contributed by atoms with van der Waals surface area (Å²) in [6.45, 7) is 7.40. The van der Waals surface area contributed by atoms with Crippen LogP contribution in [0.3, 0.4) is 0 Å². The van der Waals surface area contributed by atoms with E-state index >= 15 is 0 Å². The quantitative estimate of drug-likeness (QED) is 0.750. The highest BCUT2D eigenvalue weighted by molar-refractivity contribution is 5.82. The van der Waals surface area contributed by atoms with Gasteiger partial charge in [0.15, 0.2) is 0 Å². The summed E-state index contributed by atoms with van der Waals surface area (Å²) < 4.78 is 16.3. The molecule has 1 unspecified atom stereocenters. The molecule has 0 radical (unpaired) electrons. The van der Waals surface area contributed by atoms with Crippen LogP contribution in [0.25, 0.3) is 0 Å².